The van der Waals surface area contributed by atoms with Gasteiger partial charge in [0, 0.05) is 11.8 Å². The maximum absolute atomic E-state index is 12.5. The molecule has 1 aromatic heterocycles. The van der Waals surface area contributed by atoms with Gasteiger partial charge in [-0.15, -0.1) is 0 Å². The second kappa shape index (κ2) is 4.82. The van der Waals surface area contributed by atoms with E-state index in [0.717, 1.165) is 0 Å². The molecule has 0 fully saturated rings. The molecule has 0 unspecified atom stereocenters. The van der Waals surface area contributed by atoms with E-state index in [1.807, 2.05) is 0 Å². The summed E-state index contributed by atoms with van der Waals surface area (Å²) in [7, 11) is -3.76. The Bertz CT molecular complexity index is 1040. The van der Waals surface area contributed by atoms with Crippen LogP contribution < -0.4 is 10.0 Å². The van der Waals surface area contributed by atoms with E-state index in [-0.39, 0.29) is 17.2 Å². The van der Waals surface area contributed by atoms with Crippen LogP contribution in [-0.4, -0.2) is 19.3 Å². The summed E-state index contributed by atoms with van der Waals surface area (Å²) < 4.78 is 32.6. The van der Waals surface area contributed by atoms with Gasteiger partial charge in [0.25, 0.3) is 10.0 Å². The van der Waals surface area contributed by atoms with E-state index in [9.17, 15) is 13.2 Å². The summed E-state index contributed by atoms with van der Waals surface area (Å²) in [4.78, 5) is 15.4. The van der Waals surface area contributed by atoms with Crippen LogP contribution in [0.15, 0.2) is 52.1 Å². The van der Waals surface area contributed by atoms with Crippen molar-refractivity contribution in [1.82, 2.24) is 4.98 Å². The van der Waals surface area contributed by atoms with Crippen LogP contribution in [-0.2, 0) is 21.2 Å². The van der Waals surface area contributed by atoms with E-state index >= 15 is 0 Å². The van der Waals surface area contributed by atoms with Gasteiger partial charge in [-0.25, -0.2) is 13.4 Å². The molecule has 8 heteroatoms. The first-order chi connectivity index (χ1) is 11.0. The second-order valence-electron chi connectivity index (χ2n) is 5.18. The minimum atomic E-state index is -3.76. The highest BCUT2D eigenvalue weighted by Gasteiger charge is 2.22. The van der Waals surface area contributed by atoms with E-state index in [2.05, 4.69) is 15.0 Å². The zero-order valence-electron chi connectivity index (χ0n) is 11.7. The molecule has 4 rings (SSSR count). The van der Waals surface area contributed by atoms with Crippen molar-refractivity contribution in [3.63, 3.8) is 0 Å². The average molecular weight is 329 g/mol. The molecule has 0 spiro atoms. The molecule has 0 saturated carbocycles. The third-order valence-electron chi connectivity index (χ3n) is 3.60. The van der Waals surface area contributed by atoms with Gasteiger partial charge >= 0.3 is 0 Å². The highest BCUT2D eigenvalue weighted by molar-refractivity contribution is 7.92. The van der Waals surface area contributed by atoms with Gasteiger partial charge in [-0.3, -0.25) is 9.52 Å². The Balaban J connectivity index is 1.67. The normalized spacial score (nSPS) is 13.8. The number of nitrogens with one attached hydrogen (secondary N) is 2. The van der Waals surface area contributed by atoms with Gasteiger partial charge in [-0.05, 0) is 35.9 Å². The van der Waals surface area contributed by atoms with Gasteiger partial charge in [0.2, 0.25) is 5.91 Å². The fourth-order valence-electron chi connectivity index (χ4n) is 2.51. The van der Waals surface area contributed by atoms with Crippen molar-refractivity contribution in [3.05, 3.63) is 48.4 Å². The molecular weight excluding hydrogens is 318 g/mol. The zero-order valence-corrected chi connectivity index (χ0v) is 12.6. The smallest absolute Gasteiger partial charge is 0.261 e. The third kappa shape index (κ3) is 2.42. The Hall–Kier alpha value is -2.87. The molecule has 1 aliphatic rings. The van der Waals surface area contributed by atoms with E-state index in [4.69, 9.17) is 4.42 Å². The van der Waals surface area contributed by atoms with Gasteiger partial charge in [0.15, 0.2) is 12.0 Å². The summed E-state index contributed by atoms with van der Waals surface area (Å²) in [6.07, 6.45) is 1.48. The molecule has 3 aromatic rings. The quantitative estimate of drug-likeness (QED) is 0.766. The number of rotatable bonds is 3. The number of aromatic nitrogens is 1. The van der Waals surface area contributed by atoms with Crippen molar-refractivity contribution in [2.75, 3.05) is 10.0 Å². The lowest BCUT2D eigenvalue weighted by Gasteiger charge is -2.09. The fourth-order valence-corrected chi connectivity index (χ4v) is 3.61. The Labute approximate surface area is 131 Å². The van der Waals surface area contributed by atoms with Gasteiger partial charge in [0.05, 0.1) is 17.0 Å². The van der Waals surface area contributed by atoms with E-state index in [1.54, 1.807) is 24.3 Å². The number of carbonyl (C=O) groups is 1. The third-order valence-corrected chi connectivity index (χ3v) is 4.97. The molecule has 1 amide bonds. The summed E-state index contributed by atoms with van der Waals surface area (Å²) in [5.41, 5.74) is 2.84. The molecule has 0 radical (unpaired) electrons. The van der Waals surface area contributed by atoms with Gasteiger partial charge in [0.1, 0.15) is 5.52 Å². The molecule has 2 N–H and O–H groups in total. The predicted molar refractivity (Wildman–Crippen MR) is 83.6 cm³/mol. The number of oxazole rings is 1. The Morgan fingerprint density at radius 2 is 2.04 bits per heavy atom. The van der Waals surface area contributed by atoms with Crippen molar-refractivity contribution >= 4 is 38.4 Å². The maximum Gasteiger partial charge on any atom is 0.261 e. The van der Waals surface area contributed by atoms with Crippen molar-refractivity contribution in [2.45, 2.75) is 11.3 Å². The Kier molecular flexibility index (Phi) is 2.88. The van der Waals surface area contributed by atoms with Gasteiger partial charge in [-0.2, -0.15) is 0 Å². The molecule has 2 aromatic carbocycles. The molecule has 1 aliphatic heterocycles. The lowest BCUT2D eigenvalue weighted by molar-refractivity contribution is -0.115. The van der Waals surface area contributed by atoms with Gasteiger partial charge < -0.3 is 9.73 Å². The van der Waals surface area contributed by atoms with Crippen LogP contribution in [0.5, 0.6) is 0 Å². The zero-order chi connectivity index (χ0) is 16.0. The molecule has 116 valence electrons. The molecule has 0 saturated heterocycles. The van der Waals surface area contributed by atoms with E-state index < -0.39 is 10.0 Å². The van der Waals surface area contributed by atoms with Crippen molar-refractivity contribution in [2.24, 2.45) is 0 Å². The van der Waals surface area contributed by atoms with Crippen LogP contribution in [0.2, 0.25) is 0 Å². The summed E-state index contributed by atoms with van der Waals surface area (Å²) in [6, 6.07) is 9.40. The summed E-state index contributed by atoms with van der Waals surface area (Å²) in [5.74, 6) is -0.140. The maximum atomic E-state index is 12.5. The number of carbonyl (C=O) groups excluding carboxylic acids is 1. The number of hydrogen-bond acceptors (Lipinski definition) is 5. The molecule has 0 atom stereocenters. The lowest BCUT2D eigenvalue weighted by Crippen LogP contribution is -2.13. The fraction of sp³-hybridized carbons (Fsp3) is 0.0667. The first-order valence-corrected chi connectivity index (χ1v) is 8.28. The van der Waals surface area contributed by atoms with Crippen LogP contribution in [0.4, 0.5) is 11.4 Å². The SMILES string of the molecule is O=C1Cc2cc(S(=O)(=O)Nc3ccc4ncoc4c3)ccc2N1. The number of amides is 1. The number of benzene rings is 2. The number of sulfonamides is 1. The Morgan fingerprint density at radius 3 is 2.91 bits per heavy atom. The van der Waals surface area contributed by atoms with Crippen LogP contribution >= 0.6 is 0 Å². The summed E-state index contributed by atoms with van der Waals surface area (Å²) in [6.45, 7) is 0. The van der Waals surface area contributed by atoms with E-state index in [1.165, 1.54) is 18.5 Å². The minimum absolute atomic E-state index is 0.102. The number of fused-ring (bicyclic) bond motifs is 2. The van der Waals surface area contributed by atoms with Crippen LogP contribution in [0.3, 0.4) is 0 Å². The van der Waals surface area contributed by atoms with Crippen LogP contribution in [0.25, 0.3) is 11.1 Å². The Morgan fingerprint density at radius 1 is 1.17 bits per heavy atom. The van der Waals surface area contributed by atoms with Crippen LogP contribution in [0.1, 0.15) is 5.56 Å². The first kappa shape index (κ1) is 13.8. The number of nitrogens with zero attached hydrogens (tertiary/aromatic N) is 1. The molecular formula is C15H11N3O4S. The highest BCUT2D eigenvalue weighted by Crippen LogP contribution is 2.27. The van der Waals surface area contributed by atoms with E-state index in [0.29, 0.717) is 28.0 Å². The molecule has 0 aliphatic carbocycles. The van der Waals surface area contributed by atoms with Crippen molar-refractivity contribution in [1.29, 1.82) is 0 Å². The topological polar surface area (TPSA) is 101 Å². The molecule has 2 heterocycles. The van der Waals surface area contributed by atoms with Crippen LogP contribution in [0, 0.1) is 0 Å². The van der Waals surface area contributed by atoms with Crippen molar-refractivity contribution < 1.29 is 17.6 Å². The predicted octanol–water partition coefficient (Wildman–Crippen LogP) is 2.12. The summed E-state index contributed by atoms with van der Waals surface area (Å²) in [5, 5.41) is 2.67. The van der Waals surface area contributed by atoms with Gasteiger partial charge in [-0.1, -0.05) is 0 Å². The number of anilines is 2. The number of hydrogen-bond donors (Lipinski definition) is 2. The monoisotopic (exact) mass is 329 g/mol. The van der Waals surface area contributed by atoms with Crippen molar-refractivity contribution in [3.8, 4) is 0 Å². The average Bonchev–Trinajstić information content (AvgIpc) is 3.10. The first-order valence-electron chi connectivity index (χ1n) is 6.80. The molecule has 23 heavy (non-hydrogen) atoms. The largest absolute Gasteiger partial charge is 0.443 e. The minimum Gasteiger partial charge on any atom is -0.443 e. The summed E-state index contributed by atoms with van der Waals surface area (Å²) >= 11 is 0. The molecule has 0 bridgehead atoms. The second-order valence-corrected chi connectivity index (χ2v) is 6.87. The highest BCUT2D eigenvalue weighted by atomic mass is 32.2. The molecule has 7 nitrogen and oxygen atoms in total. The standard InChI is InChI=1S/C15H11N3O4S/c19-15-6-9-5-11(2-4-12(9)17-15)23(20,21)18-10-1-3-13-14(7-10)22-8-16-13/h1-5,7-8,18H,6H2,(H,17,19). The lowest BCUT2D eigenvalue weighted by atomic mass is 10.2.